The van der Waals surface area contributed by atoms with Gasteiger partial charge in [-0.05, 0) is 6.07 Å². The Hall–Kier alpha value is -1.28. The van der Waals surface area contributed by atoms with Crippen LogP contribution in [0.3, 0.4) is 0 Å². The summed E-state index contributed by atoms with van der Waals surface area (Å²) in [6.07, 6.45) is 0.904. The van der Waals surface area contributed by atoms with Crippen molar-refractivity contribution in [3.05, 3.63) is 35.6 Å². The van der Waals surface area contributed by atoms with Crippen LogP contribution in [-0.2, 0) is 13.0 Å². The highest BCUT2D eigenvalue weighted by atomic mass is 16.3. The number of hydrogen-bond donors (Lipinski definition) is 1. The summed E-state index contributed by atoms with van der Waals surface area (Å²) in [5.41, 5.74) is 7.77. The first-order chi connectivity index (χ1) is 6.36. The summed E-state index contributed by atoms with van der Waals surface area (Å²) < 4.78 is 5.66. The van der Waals surface area contributed by atoms with E-state index >= 15 is 0 Å². The van der Waals surface area contributed by atoms with E-state index in [1.165, 1.54) is 0 Å². The van der Waals surface area contributed by atoms with E-state index in [4.69, 9.17) is 10.2 Å². The third-order valence-electron chi connectivity index (χ3n) is 2.31. The monoisotopic (exact) mass is 175 g/mol. The Balaban J connectivity index is 2.73. The molecule has 0 unspecified atom stereocenters. The van der Waals surface area contributed by atoms with Crippen LogP contribution in [0.4, 0.5) is 0 Å². The van der Waals surface area contributed by atoms with Gasteiger partial charge < -0.3 is 10.2 Å². The van der Waals surface area contributed by atoms with Crippen LogP contribution in [-0.4, -0.2) is 0 Å². The zero-order valence-electron chi connectivity index (χ0n) is 7.71. The second-order valence-corrected chi connectivity index (χ2v) is 3.06. The van der Waals surface area contributed by atoms with Crippen LogP contribution < -0.4 is 5.73 Å². The van der Waals surface area contributed by atoms with Crippen molar-refractivity contribution in [2.45, 2.75) is 19.9 Å². The Kier molecular flexibility index (Phi) is 2.07. The van der Waals surface area contributed by atoms with Crippen molar-refractivity contribution in [2.75, 3.05) is 0 Å². The average Bonchev–Trinajstić information content (AvgIpc) is 2.55. The molecule has 0 bridgehead atoms. The Morgan fingerprint density at radius 3 is 2.77 bits per heavy atom. The molecular formula is C11H13NO. The first kappa shape index (κ1) is 8.32. The second-order valence-electron chi connectivity index (χ2n) is 3.06. The minimum atomic E-state index is 0.556. The van der Waals surface area contributed by atoms with Gasteiger partial charge in [0.2, 0.25) is 0 Å². The standard InChI is InChI=1S/C11H13NO/c1-2-10-9(7-12)8-5-3-4-6-11(8)13-10/h3-6H,2,7,12H2,1H3. The topological polar surface area (TPSA) is 39.2 Å². The Labute approximate surface area is 77.3 Å². The molecule has 1 heterocycles. The molecule has 2 heteroatoms. The predicted molar refractivity (Wildman–Crippen MR) is 53.5 cm³/mol. The minimum Gasteiger partial charge on any atom is -0.461 e. The lowest BCUT2D eigenvalue weighted by molar-refractivity contribution is 0.550. The van der Waals surface area contributed by atoms with Crippen LogP contribution in [0, 0.1) is 0 Å². The molecule has 0 spiro atoms. The molecule has 0 aliphatic heterocycles. The lowest BCUT2D eigenvalue weighted by atomic mass is 10.1. The van der Waals surface area contributed by atoms with Crippen molar-refractivity contribution in [1.82, 2.24) is 0 Å². The molecule has 68 valence electrons. The molecule has 2 nitrogen and oxygen atoms in total. The van der Waals surface area contributed by atoms with Crippen molar-refractivity contribution in [1.29, 1.82) is 0 Å². The maximum atomic E-state index is 5.68. The fourth-order valence-corrected chi connectivity index (χ4v) is 1.66. The molecule has 2 rings (SSSR count). The normalized spacial score (nSPS) is 10.9. The molecule has 1 aromatic carbocycles. The SMILES string of the molecule is CCc1oc2ccccc2c1CN. The molecule has 0 saturated heterocycles. The lowest BCUT2D eigenvalue weighted by Gasteiger charge is -1.94. The smallest absolute Gasteiger partial charge is 0.134 e. The molecule has 0 aliphatic rings. The fourth-order valence-electron chi connectivity index (χ4n) is 1.66. The average molecular weight is 175 g/mol. The molecule has 0 radical (unpaired) electrons. The molecule has 1 aromatic heterocycles. The van der Waals surface area contributed by atoms with E-state index in [0.717, 1.165) is 28.7 Å². The molecule has 0 amide bonds. The van der Waals surface area contributed by atoms with E-state index in [9.17, 15) is 0 Å². The van der Waals surface area contributed by atoms with Crippen molar-refractivity contribution in [2.24, 2.45) is 5.73 Å². The Bertz CT molecular complexity index is 417. The van der Waals surface area contributed by atoms with Crippen LogP contribution in [0.2, 0.25) is 0 Å². The van der Waals surface area contributed by atoms with Crippen LogP contribution in [0.1, 0.15) is 18.2 Å². The molecule has 13 heavy (non-hydrogen) atoms. The van der Waals surface area contributed by atoms with E-state index in [2.05, 4.69) is 13.0 Å². The van der Waals surface area contributed by atoms with Gasteiger partial charge in [-0.2, -0.15) is 0 Å². The first-order valence-electron chi connectivity index (χ1n) is 4.56. The summed E-state index contributed by atoms with van der Waals surface area (Å²) in [7, 11) is 0. The van der Waals surface area contributed by atoms with Gasteiger partial charge in [0.05, 0.1) is 0 Å². The summed E-state index contributed by atoms with van der Waals surface area (Å²) in [5, 5.41) is 1.15. The molecule has 0 atom stereocenters. The molecule has 2 N–H and O–H groups in total. The van der Waals surface area contributed by atoms with Gasteiger partial charge in [0.25, 0.3) is 0 Å². The highest BCUT2D eigenvalue weighted by Gasteiger charge is 2.09. The van der Waals surface area contributed by atoms with E-state index < -0.39 is 0 Å². The van der Waals surface area contributed by atoms with Crippen LogP contribution in [0.5, 0.6) is 0 Å². The number of furan rings is 1. The number of rotatable bonds is 2. The Morgan fingerprint density at radius 1 is 1.31 bits per heavy atom. The zero-order valence-corrected chi connectivity index (χ0v) is 7.71. The van der Waals surface area contributed by atoms with Gasteiger partial charge in [-0.15, -0.1) is 0 Å². The molecule has 0 aliphatic carbocycles. The van der Waals surface area contributed by atoms with Crippen LogP contribution in [0.25, 0.3) is 11.0 Å². The third-order valence-corrected chi connectivity index (χ3v) is 2.31. The zero-order chi connectivity index (χ0) is 9.26. The maximum absolute atomic E-state index is 5.68. The largest absolute Gasteiger partial charge is 0.461 e. The van der Waals surface area contributed by atoms with Gasteiger partial charge in [0, 0.05) is 23.9 Å². The van der Waals surface area contributed by atoms with E-state index in [1.807, 2.05) is 18.2 Å². The number of hydrogen-bond acceptors (Lipinski definition) is 2. The number of para-hydroxylation sites is 1. The van der Waals surface area contributed by atoms with Gasteiger partial charge >= 0.3 is 0 Å². The quantitative estimate of drug-likeness (QED) is 0.761. The molecular weight excluding hydrogens is 162 g/mol. The summed E-state index contributed by atoms with van der Waals surface area (Å²) >= 11 is 0. The minimum absolute atomic E-state index is 0.556. The fraction of sp³-hybridized carbons (Fsp3) is 0.273. The summed E-state index contributed by atoms with van der Waals surface area (Å²) in [6, 6.07) is 8.02. The van der Waals surface area contributed by atoms with Crippen molar-refractivity contribution in [3.8, 4) is 0 Å². The molecule has 0 saturated carbocycles. The third kappa shape index (κ3) is 1.23. The number of benzene rings is 1. The predicted octanol–water partition coefficient (Wildman–Crippen LogP) is 2.45. The van der Waals surface area contributed by atoms with Crippen LogP contribution in [0.15, 0.2) is 28.7 Å². The van der Waals surface area contributed by atoms with Crippen LogP contribution >= 0.6 is 0 Å². The highest BCUT2D eigenvalue weighted by Crippen LogP contribution is 2.25. The van der Waals surface area contributed by atoms with E-state index in [-0.39, 0.29) is 0 Å². The first-order valence-corrected chi connectivity index (χ1v) is 4.56. The molecule has 2 aromatic rings. The molecule has 0 fully saturated rings. The number of fused-ring (bicyclic) bond motifs is 1. The van der Waals surface area contributed by atoms with Gasteiger partial charge in [-0.25, -0.2) is 0 Å². The van der Waals surface area contributed by atoms with Crippen molar-refractivity contribution in [3.63, 3.8) is 0 Å². The maximum Gasteiger partial charge on any atom is 0.134 e. The van der Waals surface area contributed by atoms with E-state index in [1.54, 1.807) is 0 Å². The van der Waals surface area contributed by atoms with Crippen molar-refractivity contribution < 1.29 is 4.42 Å². The lowest BCUT2D eigenvalue weighted by Crippen LogP contribution is -1.97. The van der Waals surface area contributed by atoms with Gasteiger partial charge in [0.1, 0.15) is 11.3 Å². The number of nitrogens with two attached hydrogens (primary N) is 1. The summed E-state index contributed by atoms with van der Waals surface area (Å²) in [4.78, 5) is 0. The number of aryl methyl sites for hydroxylation is 1. The van der Waals surface area contributed by atoms with Gasteiger partial charge in [0.15, 0.2) is 0 Å². The van der Waals surface area contributed by atoms with Gasteiger partial charge in [-0.3, -0.25) is 0 Å². The highest BCUT2D eigenvalue weighted by molar-refractivity contribution is 5.82. The van der Waals surface area contributed by atoms with E-state index in [0.29, 0.717) is 6.54 Å². The second kappa shape index (κ2) is 3.23. The summed E-state index contributed by atoms with van der Waals surface area (Å²) in [6.45, 7) is 2.64. The Morgan fingerprint density at radius 2 is 2.08 bits per heavy atom. The van der Waals surface area contributed by atoms with Gasteiger partial charge in [-0.1, -0.05) is 25.1 Å². The van der Waals surface area contributed by atoms with Crippen molar-refractivity contribution >= 4 is 11.0 Å². The summed E-state index contributed by atoms with van der Waals surface area (Å²) in [5.74, 6) is 1.02.